The summed E-state index contributed by atoms with van der Waals surface area (Å²) >= 11 is 0. The van der Waals surface area contributed by atoms with Crippen LogP contribution in [0.2, 0.25) is 0 Å². The number of carbonyl (C=O) groups is 1. The fourth-order valence-electron chi connectivity index (χ4n) is 1.74. The molecule has 0 heterocycles. The molecule has 26 heavy (non-hydrogen) atoms. The molecule has 0 amide bonds. The van der Waals surface area contributed by atoms with E-state index in [1.807, 2.05) is 72.9 Å². The molecule has 4 nitrogen and oxygen atoms in total. The van der Waals surface area contributed by atoms with Crippen LogP contribution in [-0.2, 0) is 0 Å². The zero-order valence-corrected chi connectivity index (χ0v) is 17.6. The second kappa shape index (κ2) is 17.3. The third kappa shape index (κ3) is 10.4. The lowest BCUT2D eigenvalue weighted by Crippen LogP contribution is -2.08. The number of anilines is 2. The van der Waals surface area contributed by atoms with Gasteiger partial charge in [0.1, 0.15) is 5.75 Å². The van der Waals surface area contributed by atoms with E-state index in [-0.39, 0.29) is 5.78 Å². The number of nitrogens with one attached hydrogen (secondary N) is 2. The lowest BCUT2D eigenvalue weighted by atomic mass is 10.1. The van der Waals surface area contributed by atoms with Crippen LogP contribution in [0.15, 0.2) is 48.5 Å². The summed E-state index contributed by atoms with van der Waals surface area (Å²) in [6.07, 6.45) is 0. The molecule has 0 saturated carbocycles. The molecule has 2 rings (SSSR count). The van der Waals surface area contributed by atoms with Crippen molar-refractivity contribution in [3.63, 3.8) is 0 Å². The lowest BCUT2D eigenvalue weighted by molar-refractivity contribution is 0.101. The van der Waals surface area contributed by atoms with Gasteiger partial charge in [-0.25, -0.2) is 0 Å². The van der Waals surface area contributed by atoms with E-state index in [1.165, 1.54) is 0 Å². The highest BCUT2D eigenvalue weighted by Crippen LogP contribution is 2.15. The second-order valence-electron chi connectivity index (χ2n) is 4.37. The number of carbonyl (C=O) groups excluding carboxylic acids is 1. The zero-order valence-electron chi connectivity index (χ0n) is 17.6. The van der Waals surface area contributed by atoms with Crippen LogP contribution in [0.1, 0.15) is 58.8 Å². The molecule has 0 spiro atoms. The van der Waals surface area contributed by atoms with Gasteiger partial charge in [-0.1, -0.05) is 41.5 Å². The van der Waals surface area contributed by atoms with Crippen molar-refractivity contribution in [1.29, 1.82) is 0 Å². The highest BCUT2D eigenvalue weighted by Gasteiger charge is 1.99. The molecule has 0 unspecified atom stereocenters. The van der Waals surface area contributed by atoms with E-state index in [9.17, 15) is 4.79 Å². The van der Waals surface area contributed by atoms with Crippen molar-refractivity contribution in [2.45, 2.75) is 48.5 Å². The van der Waals surface area contributed by atoms with E-state index >= 15 is 0 Å². The highest BCUT2D eigenvalue weighted by molar-refractivity contribution is 5.94. The molecule has 2 aromatic carbocycles. The highest BCUT2D eigenvalue weighted by atomic mass is 16.5. The van der Waals surface area contributed by atoms with Gasteiger partial charge in [-0.3, -0.25) is 4.79 Å². The average Bonchev–Trinajstić information content (AvgIpc) is 2.73. The maximum atomic E-state index is 11.1. The Bertz CT molecular complexity index is 564. The minimum Gasteiger partial charge on any atom is -0.473 e. The van der Waals surface area contributed by atoms with Crippen LogP contribution in [0.25, 0.3) is 0 Å². The Balaban J connectivity index is 0. The average molecular weight is 361 g/mol. The molecule has 4 heteroatoms. The molecule has 2 aromatic rings. The zero-order chi connectivity index (χ0) is 20.4. The van der Waals surface area contributed by atoms with Crippen LogP contribution in [0.5, 0.6) is 5.75 Å². The largest absolute Gasteiger partial charge is 0.473 e. The number of ketones is 1. The molecule has 0 atom stereocenters. The molecule has 0 radical (unpaired) electrons. The van der Waals surface area contributed by atoms with Gasteiger partial charge in [-0.05, 0) is 55.5 Å². The van der Waals surface area contributed by atoms with Crippen molar-refractivity contribution in [3.8, 4) is 5.75 Å². The molecular formula is C22H36N2O2. The third-order valence-electron chi connectivity index (χ3n) is 2.95. The standard InChI is InChI=1S/C16H18N2O2.3C2H6/c1-12(19)13-3-9-16(10-4-13)20-11-18-15-7-5-14(17-2)6-8-15;3*1-2/h3-10,17-18H,11H2,1-2H3;3*1-2H3. The third-order valence-corrected chi connectivity index (χ3v) is 2.95. The summed E-state index contributed by atoms with van der Waals surface area (Å²) in [6, 6.07) is 15.1. The molecule has 0 aromatic heterocycles. The Kier molecular flexibility index (Phi) is 17.2. The summed E-state index contributed by atoms with van der Waals surface area (Å²) in [4.78, 5) is 11.1. The van der Waals surface area contributed by atoms with Crippen molar-refractivity contribution in [3.05, 3.63) is 54.1 Å². The van der Waals surface area contributed by atoms with Crippen LogP contribution in [0.3, 0.4) is 0 Å². The Morgan fingerprint density at radius 2 is 1.27 bits per heavy atom. The Morgan fingerprint density at radius 1 is 0.808 bits per heavy atom. The number of hydrogen-bond donors (Lipinski definition) is 2. The molecular weight excluding hydrogens is 324 g/mol. The molecule has 0 aliphatic heterocycles. The number of rotatable bonds is 6. The predicted octanol–water partition coefficient (Wildman–Crippen LogP) is 6.46. The number of hydrogen-bond acceptors (Lipinski definition) is 4. The molecule has 0 aliphatic carbocycles. The van der Waals surface area contributed by atoms with E-state index in [0.29, 0.717) is 12.3 Å². The molecule has 0 fully saturated rings. The summed E-state index contributed by atoms with van der Waals surface area (Å²) in [6.45, 7) is 13.9. The van der Waals surface area contributed by atoms with Crippen molar-refractivity contribution >= 4 is 17.2 Å². The number of ether oxygens (including phenoxy) is 1. The quantitative estimate of drug-likeness (QED) is 0.458. The fraction of sp³-hybridized carbons (Fsp3) is 0.409. The van der Waals surface area contributed by atoms with Gasteiger partial charge in [-0.2, -0.15) is 0 Å². The minimum atomic E-state index is 0.0549. The fourth-order valence-corrected chi connectivity index (χ4v) is 1.74. The maximum absolute atomic E-state index is 11.1. The van der Waals surface area contributed by atoms with Gasteiger partial charge in [0.25, 0.3) is 0 Å². The lowest BCUT2D eigenvalue weighted by Gasteiger charge is -2.10. The van der Waals surface area contributed by atoms with Crippen LogP contribution in [0, 0.1) is 0 Å². The predicted molar refractivity (Wildman–Crippen MR) is 116 cm³/mol. The molecule has 146 valence electrons. The van der Waals surface area contributed by atoms with Crippen molar-refractivity contribution in [1.82, 2.24) is 0 Å². The summed E-state index contributed by atoms with van der Waals surface area (Å²) in [5, 5.41) is 6.23. The first kappa shape index (κ1) is 25.7. The van der Waals surface area contributed by atoms with E-state index in [4.69, 9.17) is 4.74 Å². The van der Waals surface area contributed by atoms with Gasteiger partial charge in [-0.15, -0.1) is 0 Å². The van der Waals surface area contributed by atoms with Crippen molar-refractivity contribution in [2.24, 2.45) is 0 Å². The van der Waals surface area contributed by atoms with Crippen molar-refractivity contribution < 1.29 is 9.53 Å². The normalized spacial score (nSPS) is 8.31. The van der Waals surface area contributed by atoms with Gasteiger partial charge in [0.15, 0.2) is 12.5 Å². The summed E-state index contributed by atoms with van der Waals surface area (Å²) < 4.78 is 5.56. The van der Waals surface area contributed by atoms with Gasteiger partial charge in [0.2, 0.25) is 0 Å². The van der Waals surface area contributed by atoms with Crippen LogP contribution in [-0.4, -0.2) is 19.6 Å². The first-order valence-electron chi connectivity index (χ1n) is 9.44. The Morgan fingerprint density at radius 3 is 1.69 bits per heavy atom. The summed E-state index contributed by atoms with van der Waals surface area (Å²) in [7, 11) is 1.89. The number of benzene rings is 2. The van der Waals surface area contributed by atoms with Gasteiger partial charge >= 0.3 is 0 Å². The Hall–Kier alpha value is -2.49. The SMILES string of the molecule is CC.CC.CC.CNc1ccc(NCOc2ccc(C(C)=O)cc2)cc1. The van der Waals surface area contributed by atoms with Gasteiger partial charge < -0.3 is 15.4 Å². The summed E-state index contributed by atoms with van der Waals surface area (Å²) in [5.74, 6) is 0.786. The van der Waals surface area contributed by atoms with E-state index in [0.717, 1.165) is 17.1 Å². The summed E-state index contributed by atoms with van der Waals surface area (Å²) in [5.41, 5.74) is 2.74. The first-order valence-corrected chi connectivity index (χ1v) is 9.44. The van der Waals surface area contributed by atoms with Crippen LogP contribution < -0.4 is 15.4 Å². The van der Waals surface area contributed by atoms with Crippen molar-refractivity contribution in [2.75, 3.05) is 24.4 Å². The van der Waals surface area contributed by atoms with Crippen LogP contribution >= 0.6 is 0 Å². The Labute approximate surface area is 160 Å². The van der Waals surface area contributed by atoms with Gasteiger partial charge in [0, 0.05) is 24.0 Å². The van der Waals surface area contributed by atoms with E-state index in [2.05, 4.69) is 10.6 Å². The molecule has 0 aliphatic rings. The molecule has 2 N–H and O–H groups in total. The molecule has 0 saturated heterocycles. The molecule has 0 bridgehead atoms. The van der Waals surface area contributed by atoms with Crippen LogP contribution in [0.4, 0.5) is 11.4 Å². The first-order chi connectivity index (χ1) is 12.7. The van der Waals surface area contributed by atoms with E-state index < -0.39 is 0 Å². The van der Waals surface area contributed by atoms with Gasteiger partial charge in [0.05, 0.1) is 0 Å². The maximum Gasteiger partial charge on any atom is 0.159 e. The second-order valence-corrected chi connectivity index (χ2v) is 4.37. The number of Topliss-reactive ketones (excluding diaryl/α,β-unsaturated/α-hetero) is 1. The smallest absolute Gasteiger partial charge is 0.159 e. The monoisotopic (exact) mass is 360 g/mol. The van der Waals surface area contributed by atoms with E-state index in [1.54, 1.807) is 31.2 Å². The topological polar surface area (TPSA) is 50.4 Å². The minimum absolute atomic E-state index is 0.0549.